The average Bonchev–Trinajstić information content (AvgIpc) is 2.37. The maximum absolute atomic E-state index is 12.0. The van der Waals surface area contributed by atoms with E-state index in [1.807, 2.05) is 26.0 Å². The average molecular weight is 235 g/mol. The third-order valence-electron chi connectivity index (χ3n) is 3.06. The first-order chi connectivity index (χ1) is 8.06. The van der Waals surface area contributed by atoms with Crippen LogP contribution < -0.4 is 5.73 Å². The van der Waals surface area contributed by atoms with Crippen LogP contribution in [-0.4, -0.2) is 28.9 Å². The van der Waals surface area contributed by atoms with Gasteiger partial charge in [0, 0.05) is 26.0 Å². The molecule has 0 aliphatic carbocycles. The van der Waals surface area contributed by atoms with Crippen molar-refractivity contribution in [1.29, 1.82) is 0 Å². The van der Waals surface area contributed by atoms with E-state index in [2.05, 4.69) is 4.98 Å². The van der Waals surface area contributed by atoms with Gasteiger partial charge in [-0.25, -0.2) is 0 Å². The van der Waals surface area contributed by atoms with Crippen molar-refractivity contribution >= 4 is 5.91 Å². The van der Waals surface area contributed by atoms with Crippen molar-refractivity contribution in [3.05, 3.63) is 30.1 Å². The van der Waals surface area contributed by atoms with Crippen molar-refractivity contribution in [3.63, 3.8) is 0 Å². The topological polar surface area (TPSA) is 59.2 Å². The Balaban J connectivity index is 2.58. The highest BCUT2D eigenvalue weighted by Gasteiger charge is 2.22. The van der Waals surface area contributed by atoms with E-state index in [4.69, 9.17) is 5.73 Å². The zero-order chi connectivity index (χ0) is 12.8. The number of hydrogen-bond acceptors (Lipinski definition) is 3. The molecule has 0 saturated carbocycles. The van der Waals surface area contributed by atoms with Crippen molar-refractivity contribution in [2.45, 2.75) is 32.9 Å². The second-order valence-electron chi connectivity index (χ2n) is 4.47. The molecule has 0 spiro atoms. The highest BCUT2D eigenvalue weighted by molar-refractivity contribution is 5.81. The standard InChI is InChI=1S/C13H21N3O/c1-4-10(2)12(14)13(17)16(3)9-11-6-5-7-15-8-11/h5-8,10,12H,4,9,14H2,1-3H3/t10?,12-/m0/s1. The molecule has 1 heterocycles. The van der Waals surface area contributed by atoms with E-state index < -0.39 is 6.04 Å². The van der Waals surface area contributed by atoms with Crippen LogP contribution in [0, 0.1) is 5.92 Å². The summed E-state index contributed by atoms with van der Waals surface area (Å²) in [6, 6.07) is 3.40. The van der Waals surface area contributed by atoms with Crippen molar-refractivity contribution in [2.24, 2.45) is 11.7 Å². The Morgan fingerprint density at radius 3 is 2.82 bits per heavy atom. The summed E-state index contributed by atoms with van der Waals surface area (Å²) in [5.74, 6) is 0.196. The normalized spacial score (nSPS) is 14.1. The van der Waals surface area contributed by atoms with Crippen LogP contribution in [-0.2, 0) is 11.3 Å². The van der Waals surface area contributed by atoms with Gasteiger partial charge in [-0.2, -0.15) is 0 Å². The molecule has 1 aromatic heterocycles. The van der Waals surface area contributed by atoms with Gasteiger partial charge in [-0.3, -0.25) is 9.78 Å². The lowest BCUT2D eigenvalue weighted by atomic mass is 9.99. The number of pyridine rings is 1. The van der Waals surface area contributed by atoms with E-state index in [0.717, 1.165) is 12.0 Å². The Morgan fingerprint density at radius 1 is 1.59 bits per heavy atom. The third-order valence-corrected chi connectivity index (χ3v) is 3.06. The maximum Gasteiger partial charge on any atom is 0.239 e. The molecule has 1 rings (SSSR count). The number of carbonyl (C=O) groups excluding carboxylic acids is 1. The zero-order valence-corrected chi connectivity index (χ0v) is 10.8. The van der Waals surface area contributed by atoms with Crippen LogP contribution >= 0.6 is 0 Å². The number of aromatic nitrogens is 1. The third kappa shape index (κ3) is 3.82. The Labute approximate surface area is 103 Å². The summed E-state index contributed by atoms with van der Waals surface area (Å²) in [7, 11) is 1.78. The minimum absolute atomic E-state index is 0.0109. The van der Waals surface area contributed by atoms with Crippen LogP contribution in [0.25, 0.3) is 0 Å². The van der Waals surface area contributed by atoms with Gasteiger partial charge < -0.3 is 10.6 Å². The molecule has 0 aliphatic rings. The van der Waals surface area contributed by atoms with Gasteiger partial charge in [-0.05, 0) is 17.5 Å². The summed E-state index contributed by atoms with van der Waals surface area (Å²) in [5.41, 5.74) is 6.93. The quantitative estimate of drug-likeness (QED) is 0.839. The fourth-order valence-corrected chi connectivity index (χ4v) is 1.60. The fourth-order valence-electron chi connectivity index (χ4n) is 1.60. The van der Waals surface area contributed by atoms with Gasteiger partial charge in [0.25, 0.3) is 0 Å². The summed E-state index contributed by atoms with van der Waals surface area (Å²) in [5, 5.41) is 0. The first kappa shape index (κ1) is 13.6. The SMILES string of the molecule is CCC(C)[C@H](N)C(=O)N(C)Cc1cccnc1. The molecule has 4 heteroatoms. The first-order valence-corrected chi connectivity index (χ1v) is 5.95. The molecule has 0 aliphatic heterocycles. The van der Waals surface area contributed by atoms with E-state index in [-0.39, 0.29) is 11.8 Å². The molecule has 0 saturated heterocycles. The van der Waals surface area contributed by atoms with Crippen LogP contribution in [0.15, 0.2) is 24.5 Å². The molecule has 94 valence electrons. The molecular formula is C13H21N3O. The van der Waals surface area contributed by atoms with E-state index in [1.54, 1.807) is 24.3 Å². The van der Waals surface area contributed by atoms with Crippen molar-refractivity contribution in [3.8, 4) is 0 Å². The molecule has 1 unspecified atom stereocenters. The Morgan fingerprint density at radius 2 is 2.29 bits per heavy atom. The molecule has 0 fully saturated rings. The van der Waals surface area contributed by atoms with Crippen LogP contribution in [0.2, 0.25) is 0 Å². The number of nitrogens with zero attached hydrogens (tertiary/aromatic N) is 2. The Hall–Kier alpha value is -1.42. The number of amides is 1. The smallest absolute Gasteiger partial charge is 0.239 e. The highest BCUT2D eigenvalue weighted by atomic mass is 16.2. The van der Waals surface area contributed by atoms with Gasteiger partial charge in [0.15, 0.2) is 0 Å². The minimum Gasteiger partial charge on any atom is -0.340 e. The Kier molecular flexibility index (Phi) is 5.10. The molecule has 0 radical (unpaired) electrons. The number of carbonyl (C=O) groups is 1. The molecule has 0 bridgehead atoms. The summed E-state index contributed by atoms with van der Waals surface area (Å²) in [6.45, 7) is 4.59. The summed E-state index contributed by atoms with van der Waals surface area (Å²) >= 11 is 0. The second-order valence-corrected chi connectivity index (χ2v) is 4.47. The van der Waals surface area contributed by atoms with E-state index in [1.165, 1.54) is 0 Å². The molecule has 2 atom stereocenters. The minimum atomic E-state index is -0.415. The fraction of sp³-hybridized carbons (Fsp3) is 0.538. The van der Waals surface area contributed by atoms with Crippen LogP contribution in [0.4, 0.5) is 0 Å². The molecule has 0 aromatic carbocycles. The van der Waals surface area contributed by atoms with E-state index in [9.17, 15) is 4.79 Å². The van der Waals surface area contributed by atoms with Gasteiger partial charge in [0.05, 0.1) is 6.04 Å². The lowest BCUT2D eigenvalue weighted by Gasteiger charge is -2.24. The Bertz CT molecular complexity index is 353. The lowest BCUT2D eigenvalue weighted by Crippen LogP contribution is -2.45. The predicted octanol–water partition coefficient (Wildman–Crippen LogP) is 1.41. The van der Waals surface area contributed by atoms with Crippen LogP contribution in [0.5, 0.6) is 0 Å². The highest BCUT2D eigenvalue weighted by Crippen LogP contribution is 2.09. The zero-order valence-electron chi connectivity index (χ0n) is 10.8. The molecular weight excluding hydrogens is 214 g/mol. The number of likely N-dealkylation sites (N-methyl/N-ethyl adjacent to an activating group) is 1. The van der Waals surface area contributed by atoms with Crippen molar-refractivity contribution < 1.29 is 4.79 Å². The van der Waals surface area contributed by atoms with Gasteiger partial charge in [-0.1, -0.05) is 26.3 Å². The van der Waals surface area contributed by atoms with Crippen molar-refractivity contribution in [1.82, 2.24) is 9.88 Å². The largest absolute Gasteiger partial charge is 0.340 e. The molecule has 4 nitrogen and oxygen atoms in total. The van der Waals surface area contributed by atoms with Gasteiger partial charge >= 0.3 is 0 Å². The van der Waals surface area contributed by atoms with Crippen LogP contribution in [0.1, 0.15) is 25.8 Å². The van der Waals surface area contributed by atoms with Gasteiger partial charge in [-0.15, -0.1) is 0 Å². The molecule has 2 N–H and O–H groups in total. The maximum atomic E-state index is 12.0. The number of rotatable bonds is 5. The summed E-state index contributed by atoms with van der Waals surface area (Å²) < 4.78 is 0. The van der Waals surface area contributed by atoms with Gasteiger partial charge in [0.2, 0.25) is 5.91 Å². The monoisotopic (exact) mass is 235 g/mol. The molecule has 1 amide bonds. The predicted molar refractivity (Wildman–Crippen MR) is 68.1 cm³/mol. The number of hydrogen-bond donors (Lipinski definition) is 1. The lowest BCUT2D eigenvalue weighted by molar-refractivity contribution is -0.132. The van der Waals surface area contributed by atoms with E-state index >= 15 is 0 Å². The summed E-state index contributed by atoms with van der Waals surface area (Å²) in [4.78, 5) is 17.7. The van der Waals surface area contributed by atoms with Crippen LogP contribution in [0.3, 0.4) is 0 Å². The molecule has 17 heavy (non-hydrogen) atoms. The second kappa shape index (κ2) is 6.35. The van der Waals surface area contributed by atoms with E-state index in [0.29, 0.717) is 6.54 Å². The van der Waals surface area contributed by atoms with Crippen molar-refractivity contribution in [2.75, 3.05) is 7.05 Å². The van der Waals surface area contributed by atoms with Gasteiger partial charge in [0.1, 0.15) is 0 Å². The summed E-state index contributed by atoms with van der Waals surface area (Å²) in [6.07, 6.45) is 4.39. The first-order valence-electron chi connectivity index (χ1n) is 5.95. The number of nitrogens with two attached hydrogens (primary N) is 1. The molecule has 1 aromatic rings.